The van der Waals surface area contributed by atoms with Crippen LogP contribution in [-0.2, 0) is 11.3 Å². The molecule has 19 heavy (non-hydrogen) atoms. The number of hydrogen-bond acceptors (Lipinski definition) is 3. The molecular weight excluding hydrogens is 262 g/mol. The lowest BCUT2D eigenvalue weighted by Crippen LogP contribution is -2.35. The average molecular weight is 284 g/mol. The molecule has 0 atom stereocenters. The molecule has 0 heterocycles. The SMILES string of the molecule is CN(CC(N)=O)c1ccc(CNC(C)(C)C)c(Cl)c1. The third kappa shape index (κ3) is 5.49. The molecule has 0 aromatic heterocycles. The Labute approximate surface area is 119 Å². The first-order chi connectivity index (χ1) is 8.69. The van der Waals surface area contributed by atoms with Gasteiger partial charge in [-0.1, -0.05) is 17.7 Å². The summed E-state index contributed by atoms with van der Waals surface area (Å²) in [5.74, 6) is -0.364. The van der Waals surface area contributed by atoms with Crippen LogP contribution < -0.4 is 16.0 Å². The first-order valence-corrected chi connectivity index (χ1v) is 6.60. The van der Waals surface area contributed by atoms with E-state index >= 15 is 0 Å². The van der Waals surface area contributed by atoms with E-state index in [0.29, 0.717) is 11.6 Å². The second kappa shape index (κ2) is 6.26. The highest BCUT2D eigenvalue weighted by Gasteiger charge is 2.11. The van der Waals surface area contributed by atoms with Crippen LogP contribution in [0.4, 0.5) is 5.69 Å². The molecule has 0 saturated heterocycles. The molecule has 0 spiro atoms. The number of halogens is 1. The zero-order valence-corrected chi connectivity index (χ0v) is 12.7. The van der Waals surface area contributed by atoms with Gasteiger partial charge in [0.15, 0.2) is 0 Å². The summed E-state index contributed by atoms with van der Waals surface area (Å²) in [6.45, 7) is 7.21. The van der Waals surface area contributed by atoms with Crippen molar-refractivity contribution >= 4 is 23.2 Å². The largest absolute Gasteiger partial charge is 0.368 e. The fourth-order valence-electron chi connectivity index (χ4n) is 1.60. The lowest BCUT2D eigenvalue weighted by atomic mass is 10.1. The van der Waals surface area contributed by atoms with Crippen LogP contribution >= 0.6 is 11.6 Å². The molecule has 0 unspecified atom stereocenters. The summed E-state index contributed by atoms with van der Waals surface area (Å²) in [5.41, 5.74) is 7.13. The van der Waals surface area contributed by atoms with Crippen molar-refractivity contribution in [2.45, 2.75) is 32.9 Å². The Balaban J connectivity index is 2.77. The van der Waals surface area contributed by atoms with Gasteiger partial charge in [0.25, 0.3) is 0 Å². The third-order valence-electron chi connectivity index (χ3n) is 2.68. The van der Waals surface area contributed by atoms with Crippen LogP contribution in [0.3, 0.4) is 0 Å². The third-order valence-corrected chi connectivity index (χ3v) is 3.03. The number of anilines is 1. The smallest absolute Gasteiger partial charge is 0.236 e. The molecular formula is C14H22ClN3O. The summed E-state index contributed by atoms with van der Waals surface area (Å²) in [6.07, 6.45) is 0. The number of rotatable bonds is 5. The fourth-order valence-corrected chi connectivity index (χ4v) is 1.84. The highest BCUT2D eigenvalue weighted by Crippen LogP contribution is 2.23. The van der Waals surface area contributed by atoms with E-state index in [4.69, 9.17) is 17.3 Å². The van der Waals surface area contributed by atoms with Gasteiger partial charge in [-0.05, 0) is 38.5 Å². The highest BCUT2D eigenvalue weighted by molar-refractivity contribution is 6.31. The predicted molar refractivity (Wildman–Crippen MR) is 80.5 cm³/mol. The zero-order valence-electron chi connectivity index (χ0n) is 12.0. The lowest BCUT2D eigenvalue weighted by molar-refractivity contribution is -0.116. The Morgan fingerprint density at radius 3 is 2.53 bits per heavy atom. The molecule has 1 amide bonds. The number of carbonyl (C=O) groups is 1. The van der Waals surface area contributed by atoms with Crippen LogP contribution in [0.5, 0.6) is 0 Å². The number of benzene rings is 1. The maximum absolute atomic E-state index is 10.9. The zero-order chi connectivity index (χ0) is 14.6. The standard InChI is InChI=1S/C14H22ClN3O/c1-14(2,3)17-8-10-5-6-11(7-12(10)15)18(4)9-13(16)19/h5-7,17H,8-9H2,1-4H3,(H2,16,19). The monoisotopic (exact) mass is 283 g/mol. The van der Waals surface area contributed by atoms with Crippen LogP contribution in [-0.4, -0.2) is 25.0 Å². The molecule has 0 bridgehead atoms. The van der Waals surface area contributed by atoms with Crippen molar-refractivity contribution in [2.24, 2.45) is 5.73 Å². The molecule has 0 aliphatic carbocycles. The number of hydrogen-bond donors (Lipinski definition) is 2. The van der Waals surface area contributed by atoms with Crippen LogP contribution in [0.2, 0.25) is 5.02 Å². The van der Waals surface area contributed by atoms with E-state index in [1.165, 1.54) is 0 Å². The first kappa shape index (κ1) is 15.8. The number of nitrogens with zero attached hydrogens (tertiary/aromatic N) is 1. The van der Waals surface area contributed by atoms with Crippen molar-refractivity contribution in [3.63, 3.8) is 0 Å². The molecule has 1 aromatic rings. The predicted octanol–water partition coefficient (Wildman–Crippen LogP) is 2.15. The van der Waals surface area contributed by atoms with Gasteiger partial charge in [0.2, 0.25) is 5.91 Å². The van der Waals surface area contributed by atoms with Crippen molar-refractivity contribution in [1.82, 2.24) is 5.32 Å². The van der Waals surface area contributed by atoms with Gasteiger partial charge in [0, 0.05) is 29.8 Å². The van der Waals surface area contributed by atoms with Gasteiger partial charge in [-0.25, -0.2) is 0 Å². The molecule has 1 rings (SSSR count). The van der Waals surface area contributed by atoms with Gasteiger partial charge < -0.3 is 16.0 Å². The summed E-state index contributed by atoms with van der Waals surface area (Å²) >= 11 is 6.26. The van der Waals surface area contributed by atoms with Gasteiger partial charge in [0.05, 0.1) is 6.54 Å². The van der Waals surface area contributed by atoms with Crippen molar-refractivity contribution in [1.29, 1.82) is 0 Å². The minimum Gasteiger partial charge on any atom is -0.368 e. The average Bonchev–Trinajstić information content (AvgIpc) is 2.25. The summed E-state index contributed by atoms with van der Waals surface area (Å²) < 4.78 is 0. The molecule has 0 aliphatic heterocycles. The van der Waals surface area contributed by atoms with Gasteiger partial charge in [-0.3, -0.25) is 4.79 Å². The van der Waals surface area contributed by atoms with E-state index in [1.54, 1.807) is 4.90 Å². The van der Waals surface area contributed by atoms with Gasteiger partial charge >= 0.3 is 0 Å². The van der Waals surface area contributed by atoms with Crippen molar-refractivity contribution in [3.05, 3.63) is 28.8 Å². The van der Waals surface area contributed by atoms with Crippen molar-refractivity contribution < 1.29 is 4.79 Å². The second-order valence-electron chi connectivity index (χ2n) is 5.70. The maximum Gasteiger partial charge on any atom is 0.236 e. The summed E-state index contributed by atoms with van der Waals surface area (Å²) in [5, 5.41) is 4.07. The Kier molecular flexibility index (Phi) is 5.20. The van der Waals surface area contributed by atoms with Crippen LogP contribution in [0.15, 0.2) is 18.2 Å². The molecule has 1 aromatic carbocycles. The Bertz CT molecular complexity index is 454. The van der Waals surface area contributed by atoms with E-state index in [0.717, 1.165) is 11.3 Å². The van der Waals surface area contributed by atoms with E-state index in [9.17, 15) is 4.79 Å². The van der Waals surface area contributed by atoms with E-state index in [-0.39, 0.29) is 18.0 Å². The number of amides is 1. The highest BCUT2D eigenvalue weighted by atomic mass is 35.5. The van der Waals surface area contributed by atoms with E-state index in [1.807, 2.05) is 25.2 Å². The second-order valence-corrected chi connectivity index (χ2v) is 6.11. The summed E-state index contributed by atoms with van der Waals surface area (Å²) in [4.78, 5) is 12.7. The van der Waals surface area contributed by atoms with Gasteiger partial charge in [0.1, 0.15) is 0 Å². The number of nitrogens with one attached hydrogen (secondary N) is 1. The number of carbonyl (C=O) groups excluding carboxylic acids is 1. The number of primary amides is 1. The molecule has 0 aliphatic rings. The molecule has 106 valence electrons. The van der Waals surface area contributed by atoms with E-state index in [2.05, 4.69) is 26.1 Å². The van der Waals surface area contributed by atoms with Crippen molar-refractivity contribution in [3.8, 4) is 0 Å². The molecule has 5 heteroatoms. The molecule has 0 fully saturated rings. The number of nitrogens with two attached hydrogens (primary N) is 1. The fraction of sp³-hybridized carbons (Fsp3) is 0.500. The van der Waals surface area contributed by atoms with Gasteiger partial charge in [-0.15, -0.1) is 0 Å². The van der Waals surface area contributed by atoms with Crippen LogP contribution in [0.25, 0.3) is 0 Å². The van der Waals surface area contributed by atoms with Gasteiger partial charge in [-0.2, -0.15) is 0 Å². The molecule has 0 saturated carbocycles. The molecule has 4 nitrogen and oxygen atoms in total. The minimum atomic E-state index is -0.364. The van der Waals surface area contributed by atoms with E-state index < -0.39 is 0 Å². The first-order valence-electron chi connectivity index (χ1n) is 6.22. The summed E-state index contributed by atoms with van der Waals surface area (Å²) in [6, 6.07) is 5.76. The topological polar surface area (TPSA) is 58.4 Å². The quantitative estimate of drug-likeness (QED) is 0.870. The van der Waals surface area contributed by atoms with Crippen molar-refractivity contribution in [2.75, 3.05) is 18.5 Å². The van der Waals surface area contributed by atoms with Crippen LogP contribution in [0.1, 0.15) is 26.3 Å². The Morgan fingerprint density at radius 1 is 1.42 bits per heavy atom. The lowest BCUT2D eigenvalue weighted by Gasteiger charge is -2.22. The molecule has 0 radical (unpaired) electrons. The molecule has 3 N–H and O–H groups in total. The Morgan fingerprint density at radius 2 is 2.05 bits per heavy atom. The normalized spacial score (nSPS) is 11.4. The number of likely N-dealkylation sites (N-methyl/N-ethyl adjacent to an activating group) is 1. The minimum absolute atomic E-state index is 0.0464. The summed E-state index contributed by atoms with van der Waals surface area (Å²) in [7, 11) is 1.81. The Hall–Kier alpha value is -1.26. The van der Waals surface area contributed by atoms with Crippen LogP contribution in [0, 0.1) is 0 Å². The maximum atomic E-state index is 10.9.